The van der Waals surface area contributed by atoms with Gasteiger partial charge in [0.05, 0.1) is 56.4 Å². The van der Waals surface area contributed by atoms with Crippen LogP contribution in [0.15, 0.2) is 135 Å². The Morgan fingerprint density at radius 2 is 0.779 bits per heavy atom. The normalized spacial score (nSPS) is 10.5. The first-order valence-electron chi connectivity index (χ1n) is 24.9. The number of pyridine rings is 6. The fourth-order valence-electron chi connectivity index (χ4n) is 7.27. The zero-order valence-corrected chi connectivity index (χ0v) is 44.3. The summed E-state index contributed by atoms with van der Waals surface area (Å²) in [4.78, 5) is 88.0. The minimum atomic E-state index is -0.0949. The standard InChI is InChI=1S/2C20H20N4O2.C19H18N4O2/c1-4-15-6-17(26-18-10-21-12-22-11-18)8-19(24-15)20(25)7-16-5-13(2)14(3)9-23-16;1-4-15-7-17(26-18-10-21-12-22-11-18)9-19(24-15)20(25)8-16-6-5-13(2)14(3)23-16;1-3-14-7-16(25-17-10-20-12-21-11-17)9-18(23-14)19(24)8-15-6-4-5-13(2)22-15/h5-6,8-12H,4,7H2,1-3H3;5-7,9-12H,4,8H2,1-3H3;4-7,9-12H,3,8H2,1-2H3. The molecule has 0 aliphatic carbocycles. The molecule has 0 atom stereocenters. The van der Waals surface area contributed by atoms with Crippen molar-refractivity contribution in [2.45, 2.75) is 93.9 Å². The maximum absolute atomic E-state index is 12.7. The Kier molecular flexibility index (Phi) is 19.5. The van der Waals surface area contributed by atoms with E-state index < -0.39 is 0 Å². The van der Waals surface area contributed by atoms with Crippen LogP contribution in [-0.4, -0.2) is 77.2 Å². The van der Waals surface area contributed by atoms with Crippen LogP contribution in [-0.2, 0) is 38.5 Å². The molecule has 0 aliphatic rings. The summed E-state index contributed by atoms with van der Waals surface area (Å²) in [5, 5.41) is 0. The van der Waals surface area contributed by atoms with Gasteiger partial charge in [0.15, 0.2) is 34.6 Å². The zero-order valence-electron chi connectivity index (χ0n) is 44.3. The molecular formula is C59H58N12O6. The second kappa shape index (κ2) is 27.2. The van der Waals surface area contributed by atoms with Gasteiger partial charge in [-0.2, -0.15) is 0 Å². The summed E-state index contributed by atoms with van der Waals surface area (Å²) < 4.78 is 17.3. The van der Waals surface area contributed by atoms with Crippen LogP contribution in [0.25, 0.3) is 0 Å². The highest BCUT2D eigenvalue weighted by Crippen LogP contribution is 2.26. The van der Waals surface area contributed by atoms with E-state index in [-0.39, 0.29) is 36.6 Å². The van der Waals surface area contributed by atoms with Gasteiger partial charge >= 0.3 is 0 Å². The van der Waals surface area contributed by atoms with Crippen LogP contribution >= 0.6 is 0 Å². The number of ketones is 3. The SMILES string of the molecule is CCc1cc(Oc2cncnc2)cc(C(=O)Cc2cc(C)c(C)cn2)n1.CCc1cc(Oc2cncnc2)cc(C(=O)Cc2ccc(C)c(C)n2)n1.CCc1cc(Oc2cncnc2)cc(C(=O)Cc2cccc(C)n2)n1. The number of carbonyl (C=O) groups excluding carboxylic acids is 3. The lowest BCUT2D eigenvalue weighted by atomic mass is 10.1. The topological polar surface area (TPSA) is 234 Å². The van der Waals surface area contributed by atoms with Gasteiger partial charge in [0, 0.05) is 88.1 Å². The number of hydrogen-bond donors (Lipinski definition) is 0. The summed E-state index contributed by atoms with van der Waals surface area (Å²) in [6, 6.07) is 21.8. The number of aromatic nitrogens is 12. The van der Waals surface area contributed by atoms with E-state index in [1.54, 1.807) is 61.6 Å². The summed E-state index contributed by atoms with van der Waals surface area (Å²) >= 11 is 0. The lowest BCUT2D eigenvalue weighted by Gasteiger charge is -2.09. The van der Waals surface area contributed by atoms with Crippen LogP contribution in [0.5, 0.6) is 34.5 Å². The second-order valence-corrected chi connectivity index (χ2v) is 17.7. The summed E-state index contributed by atoms with van der Waals surface area (Å²) in [6.07, 6.45) is 18.2. The van der Waals surface area contributed by atoms with Crippen molar-refractivity contribution in [3.05, 3.63) is 214 Å². The third-order valence-electron chi connectivity index (χ3n) is 11.6. The quantitative estimate of drug-likeness (QED) is 0.0727. The van der Waals surface area contributed by atoms with Crippen LogP contribution in [0.3, 0.4) is 0 Å². The Bertz CT molecular complexity index is 3300. The highest BCUT2D eigenvalue weighted by atomic mass is 16.5. The van der Waals surface area contributed by atoms with Gasteiger partial charge in [-0.05, 0) is 94.8 Å². The van der Waals surface area contributed by atoms with Crippen LogP contribution in [0.1, 0.15) is 114 Å². The molecule has 390 valence electrons. The number of aryl methyl sites for hydroxylation is 8. The zero-order chi connectivity index (χ0) is 54.7. The third-order valence-corrected chi connectivity index (χ3v) is 11.6. The largest absolute Gasteiger partial charge is 0.454 e. The number of rotatable bonds is 18. The molecule has 0 radical (unpaired) electrons. The molecular weight excluding hydrogens is 973 g/mol. The van der Waals surface area contributed by atoms with Crippen LogP contribution in [0.4, 0.5) is 0 Å². The first kappa shape index (κ1) is 55.3. The number of carbonyl (C=O) groups is 3. The Hall–Kier alpha value is -9.45. The summed E-state index contributed by atoms with van der Waals surface area (Å²) in [5.41, 5.74) is 10.8. The maximum atomic E-state index is 12.7. The Balaban J connectivity index is 0.000000168. The van der Waals surface area contributed by atoms with E-state index in [4.69, 9.17) is 14.2 Å². The molecule has 0 saturated carbocycles. The predicted molar refractivity (Wildman–Crippen MR) is 288 cm³/mol. The molecule has 9 aromatic heterocycles. The summed E-state index contributed by atoms with van der Waals surface area (Å²) in [5.74, 6) is 2.88. The second-order valence-electron chi connectivity index (χ2n) is 17.7. The van der Waals surface area contributed by atoms with E-state index in [1.165, 1.54) is 19.0 Å². The molecule has 77 heavy (non-hydrogen) atoms. The molecule has 0 unspecified atom stereocenters. The van der Waals surface area contributed by atoms with E-state index in [0.29, 0.717) is 70.8 Å². The summed E-state index contributed by atoms with van der Waals surface area (Å²) in [6.45, 7) is 15.8. The van der Waals surface area contributed by atoms with E-state index >= 15 is 0 Å². The van der Waals surface area contributed by atoms with Gasteiger partial charge < -0.3 is 14.2 Å². The first-order valence-corrected chi connectivity index (χ1v) is 24.9. The molecule has 0 aliphatic heterocycles. The van der Waals surface area contributed by atoms with Gasteiger partial charge in [0.2, 0.25) is 0 Å². The van der Waals surface area contributed by atoms with Crippen molar-refractivity contribution in [2.75, 3.05) is 0 Å². The molecule has 0 amide bonds. The number of Topliss-reactive ketones (excluding diaryl/α,β-unsaturated/α-hetero) is 3. The lowest BCUT2D eigenvalue weighted by molar-refractivity contribution is 0.0978. The van der Waals surface area contributed by atoms with Crippen molar-refractivity contribution in [1.29, 1.82) is 0 Å². The van der Waals surface area contributed by atoms with Gasteiger partial charge in [-0.15, -0.1) is 0 Å². The van der Waals surface area contributed by atoms with Gasteiger partial charge in [-0.25, -0.2) is 44.9 Å². The molecule has 9 rings (SSSR count). The van der Waals surface area contributed by atoms with Crippen LogP contribution in [0, 0.1) is 34.6 Å². The molecule has 0 bridgehead atoms. The number of nitrogens with zero attached hydrogens (tertiary/aromatic N) is 12. The molecule has 9 heterocycles. The molecule has 0 spiro atoms. The van der Waals surface area contributed by atoms with Crippen molar-refractivity contribution in [1.82, 2.24) is 59.8 Å². The van der Waals surface area contributed by atoms with Gasteiger partial charge in [0.25, 0.3) is 0 Å². The monoisotopic (exact) mass is 1030 g/mol. The minimum absolute atomic E-state index is 0.0924. The van der Waals surface area contributed by atoms with Crippen molar-refractivity contribution in [3.63, 3.8) is 0 Å². The Morgan fingerprint density at radius 1 is 0.377 bits per heavy atom. The average Bonchev–Trinajstić information content (AvgIpc) is 3.43. The summed E-state index contributed by atoms with van der Waals surface area (Å²) in [7, 11) is 0. The maximum Gasteiger partial charge on any atom is 0.187 e. The van der Waals surface area contributed by atoms with E-state index in [0.717, 1.165) is 62.2 Å². The smallest absolute Gasteiger partial charge is 0.187 e. The van der Waals surface area contributed by atoms with Crippen molar-refractivity contribution < 1.29 is 28.6 Å². The van der Waals surface area contributed by atoms with Gasteiger partial charge in [-0.1, -0.05) is 32.9 Å². The van der Waals surface area contributed by atoms with E-state index in [1.807, 2.05) is 110 Å². The first-order chi connectivity index (χ1) is 37.2. The van der Waals surface area contributed by atoms with Crippen molar-refractivity contribution >= 4 is 17.3 Å². The fourth-order valence-corrected chi connectivity index (χ4v) is 7.27. The molecule has 0 fully saturated rings. The third kappa shape index (κ3) is 16.8. The van der Waals surface area contributed by atoms with Crippen molar-refractivity contribution in [2.24, 2.45) is 0 Å². The number of hydrogen-bond acceptors (Lipinski definition) is 18. The Morgan fingerprint density at radius 3 is 1.16 bits per heavy atom. The number of ether oxygens (including phenoxy) is 3. The molecule has 18 nitrogen and oxygen atoms in total. The molecule has 18 heteroatoms. The molecule has 0 saturated heterocycles. The lowest BCUT2D eigenvalue weighted by Crippen LogP contribution is -2.09. The van der Waals surface area contributed by atoms with Gasteiger partial charge in [-0.3, -0.25) is 29.3 Å². The molecule has 0 aromatic carbocycles. The average molecular weight is 1030 g/mol. The van der Waals surface area contributed by atoms with Crippen LogP contribution in [0.2, 0.25) is 0 Å². The van der Waals surface area contributed by atoms with Crippen LogP contribution < -0.4 is 14.2 Å². The minimum Gasteiger partial charge on any atom is -0.454 e. The highest BCUT2D eigenvalue weighted by molar-refractivity contribution is 5.97. The molecule has 0 N–H and O–H groups in total. The Labute approximate surface area is 447 Å². The van der Waals surface area contributed by atoms with E-state index in [9.17, 15) is 14.4 Å². The van der Waals surface area contributed by atoms with E-state index in [2.05, 4.69) is 59.8 Å². The van der Waals surface area contributed by atoms with Gasteiger partial charge in [0.1, 0.15) is 53.3 Å². The van der Waals surface area contributed by atoms with Crippen molar-refractivity contribution in [3.8, 4) is 34.5 Å². The predicted octanol–water partition coefficient (Wildman–Crippen LogP) is 10.7. The highest BCUT2D eigenvalue weighted by Gasteiger charge is 2.17. The fraction of sp³-hybridized carbons (Fsp3) is 0.237. The molecule has 9 aromatic rings.